The Kier molecular flexibility index (Phi) is 7.98. The van der Waals surface area contributed by atoms with Crippen molar-refractivity contribution in [2.45, 2.75) is 52.4 Å². The van der Waals surface area contributed by atoms with Crippen molar-refractivity contribution in [3.63, 3.8) is 0 Å². The number of carbonyl (C=O) groups excluding carboxylic acids is 2. The standard InChI is InChI=1S/C21H26O2.C7H7NO/c1-20(2,3)15-12-13-17(18(14-15)21(4,5)6)19(22)23-16-10-8-7-9-11-16;8-7(9)6-4-2-1-3-5-6/h7-14H,1-6H3;1-5H,(H2,8,9). The fourth-order valence-electron chi connectivity index (χ4n) is 3.06. The maximum absolute atomic E-state index is 12.6. The van der Waals surface area contributed by atoms with E-state index >= 15 is 0 Å². The summed E-state index contributed by atoms with van der Waals surface area (Å²) in [7, 11) is 0. The van der Waals surface area contributed by atoms with Gasteiger partial charge in [-0.2, -0.15) is 0 Å². The molecule has 0 spiro atoms. The summed E-state index contributed by atoms with van der Waals surface area (Å²) in [6, 6.07) is 24.0. The van der Waals surface area contributed by atoms with E-state index in [9.17, 15) is 9.59 Å². The number of esters is 1. The minimum Gasteiger partial charge on any atom is -0.423 e. The van der Waals surface area contributed by atoms with Crippen LogP contribution in [0.15, 0.2) is 78.9 Å². The minimum absolute atomic E-state index is 0.0435. The van der Waals surface area contributed by atoms with Gasteiger partial charge in [-0.15, -0.1) is 0 Å². The molecular formula is C28H33NO3. The Balaban J connectivity index is 0.000000336. The van der Waals surface area contributed by atoms with Crippen LogP contribution in [-0.2, 0) is 10.8 Å². The first-order chi connectivity index (χ1) is 14.9. The molecule has 2 N–H and O–H groups in total. The maximum atomic E-state index is 12.6. The normalized spacial score (nSPS) is 11.2. The monoisotopic (exact) mass is 431 g/mol. The molecule has 0 aliphatic carbocycles. The third-order valence-corrected chi connectivity index (χ3v) is 4.93. The highest BCUT2D eigenvalue weighted by atomic mass is 16.5. The summed E-state index contributed by atoms with van der Waals surface area (Å²) in [5.41, 5.74) is 8.31. The first-order valence-electron chi connectivity index (χ1n) is 10.7. The summed E-state index contributed by atoms with van der Waals surface area (Å²) in [5.74, 6) is -0.116. The molecule has 3 aromatic carbocycles. The number of primary amides is 1. The number of hydrogen-bond donors (Lipinski definition) is 1. The lowest BCUT2D eigenvalue weighted by Gasteiger charge is -2.26. The zero-order chi connectivity index (χ0) is 23.9. The van der Waals surface area contributed by atoms with Crippen LogP contribution in [0.2, 0.25) is 0 Å². The van der Waals surface area contributed by atoms with Crippen molar-refractivity contribution in [2.24, 2.45) is 5.73 Å². The highest BCUT2D eigenvalue weighted by Gasteiger charge is 2.25. The number of carbonyl (C=O) groups is 2. The van der Waals surface area contributed by atoms with E-state index in [1.807, 2.05) is 36.4 Å². The summed E-state index contributed by atoms with van der Waals surface area (Å²) in [5, 5.41) is 0. The lowest BCUT2D eigenvalue weighted by Crippen LogP contribution is -2.22. The molecule has 0 heterocycles. The number of amides is 1. The number of hydrogen-bond acceptors (Lipinski definition) is 3. The first-order valence-corrected chi connectivity index (χ1v) is 10.7. The number of nitrogens with two attached hydrogens (primary N) is 1. The molecule has 3 rings (SSSR count). The van der Waals surface area contributed by atoms with Crippen LogP contribution < -0.4 is 10.5 Å². The molecule has 168 valence electrons. The van der Waals surface area contributed by atoms with Crippen molar-refractivity contribution in [2.75, 3.05) is 0 Å². The van der Waals surface area contributed by atoms with Gasteiger partial charge < -0.3 is 10.5 Å². The highest BCUT2D eigenvalue weighted by molar-refractivity contribution is 5.93. The second-order valence-corrected chi connectivity index (χ2v) is 9.69. The quantitative estimate of drug-likeness (QED) is 0.391. The predicted molar refractivity (Wildman–Crippen MR) is 130 cm³/mol. The van der Waals surface area contributed by atoms with Gasteiger partial charge in [-0.05, 0) is 52.3 Å². The number of ether oxygens (including phenoxy) is 1. The van der Waals surface area contributed by atoms with Gasteiger partial charge in [0, 0.05) is 5.56 Å². The molecule has 0 saturated carbocycles. The Hall–Kier alpha value is -3.40. The molecule has 0 aromatic heterocycles. The van der Waals surface area contributed by atoms with Crippen molar-refractivity contribution >= 4 is 11.9 Å². The lowest BCUT2D eigenvalue weighted by atomic mass is 9.78. The van der Waals surface area contributed by atoms with Gasteiger partial charge in [-0.3, -0.25) is 4.79 Å². The lowest BCUT2D eigenvalue weighted by molar-refractivity contribution is 0.0731. The third kappa shape index (κ3) is 7.09. The minimum atomic E-state index is -0.379. The zero-order valence-electron chi connectivity index (χ0n) is 19.8. The first kappa shape index (κ1) is 24.9. The fraction of sp³-hybridized carbons (Fsp3) is 0.286. The molecule has 0 radical (unpaired) electrons. The summed E-state index contributed by atoms with van der Waals surface area (Å²) in [6.45, 7) is 12.9. The summed E-state index contributed by atoms with van der Waals surface area (Å²) < 4.78 is 5.52. The van der Waals surface area contributed by atoms with Crippen LogP contribution >= 0.6 is 0 Å². The molecule has 1 amide bonds. The molecule has 32 heavy (non-hydrogen) atoms. The smallest absolute Gasteiger partial charge is 0.343 e. The molecule has 4 nitrogen and oxygen atoms in total. The number of benzene rings is 3. The average Bonchev–Trinajstić information content (AvgIpc) is 2.74. The molecule has 0 aliphatic heterocycles. The molecule has 0 aliphatic rings. The van der Waals surface area contributed by atoms with Crippen molar-refractivity contribution in [3.8, 4) is 5.75 Å². The van der Waals surface area contributed by atoms with Crippen molar-refractivity contribution in [1.29, 1.82) is 0 Å². The Morgan fingerprint density at radius 1 is 0.719 bits per heavy atom. The summed E-state index contributed by atoms with van der Waals surface area (Å²) >= 11 is 0. The fourth-order valence-corrected chi connectivity index (χ4v) is 3.06. The zero-order valence-corrected chi connectivity index (χ0v) is 19.8. The van der Waals surface area contributed by atoms with Crippen LogP contribution in [0.3, 0.4) is 0 Å². The van der Waals surface area contributed by atoms with E-state index in [1.165, 1.54) is 5.56 Å². The second-order valence-electron chi connectivity index (χ2n) is 9.69. The molecule has 0 saturated heterocycles. The van der Waals surface area contributed by atoms with Crippen molar-refractivity contribution < 1.29 is 14.3 Å². The molecule has 0 bridgehead atoms. The maximum Gasteiger partial charge on any atom is 0.343 e. The molecule has 4 heteroatoms. The van der Waals surface area contributed by atoms with E-state index < -0.39 is 0 Å². The van der Waals surface area contributed by atoms with Gasteiger partial charge >= 0.3 is 5.97 Å². The summed E-state index contributed by atoms with van der Waals surface area (Å²) in [6.07, 6.45) is 0. The van der Waals surface area contributed by atoms with Gasteiger partial charge in [0.25, 0.3) is 0 Å². The van der Waals surface area contributed by atoms with Crippen LogP contribution in [0.5, 0.6) is 5.75 Å². The predicted octanol–water partition coefficient (Wildman–Crippen LogP) is 6.29. The van der Waals surface area contributed by atoms with Crippen LogP contribution in [-0.4, -0.2) is 11.9 Å². The molecular weight excluding hydrogens is 398 g/mol. The van der Waals surface area contributed by atoms with Gasteiger partial charge in [0.15, 0.2) is 0 Å². The van der Waals surface area contributed by atoms with Gasteiger partial charge in [0.1, 0.15) is 5.75 Å². The van der Waals surface area contributed by atoms with Gasteiger partial charge in [0.2, 0.25) is 5.91 Å². The Morgan fingerprint density at radius 3 is 1.69 bits per heavy atom. The topological polar surface area (TPSA) is 69.4 Å². The van der Waals surface area contributed by atoms with Gasteiger partial charge in [0.05, 0.1) is 5.56 Å². The Labute approximate surface area is 191 Å². The van der Waals surface area contributed by atoms with Crippen LogP contribution in [0, 0.1) is 0 Å². The second kappa shape index (κ2) is 10.3. The number of para-hydroxylation sites is 1. The van der Waals surface area contributed by atoms with Crippen molar-refractivity contribution in [1.82, 2.24) is 0 Å². The molecule has 3 aromatic rings. The third-order valence-electron chi connectivity index (χ3n) is 4.93. The van der Waals surface area contributed by atoms with Gasteiger partial charge in [-0.1, -0.05) is 90.1 Å². The Morgan fingerprint density at radius 2 is 1.25 bits per heavy atom. The highest BCUT2D eigenvalue weighted by Crippen LogP contribution is 2.32. The van der Waals surface area contributed by atoms with Crippen molar-refractivity contribution in [3.05, 3.63) is 101 Å². The van der Waals surface area contributed by atoms with Gasteiger partial charge in [-0.25, -0.2) is 4.79 Å². The average molecular weight is 432 g/mol. The van der Waals surface area contributed by atoms with E-state index in [0.29, 0.717) is 16.9 Å². The largest absolute Gasteiger partial charge is 0.423 e. The van der Waals surface area contributed by atoms with Crippen LogP contribution in [0.4, 0.5) is 0 Å². The van der Waals surface area contributed by atoms with Crippen LogP contribution in [0.1, 0.15) is 73.4 Å². The van der Waals surface area contributed by atoms with E-state index in [0.717, 1.165) is 5.56 Å². The van der Waals surface area contributed by atoms with E-state index in [-0.39, 0.29) is 22.7 Å². The van der Waals surface area contributed by atoms with E-state index in [4.69, 9.17) is 10.5 Å². The molecule has 0 unspecified atom stereocenters. The van der Waals surface area contributed by atoms with Crippen LogP contribution in [0.25, 0.3) is 0 Å². The molecule has 0 fully saturated rings. The SMILES string of the molecule is CC(C)(C)c1ccc(C(=O)Oc2ccccc2)c(C(C)(C)C)c1.NC(=O)c1ccccc1. The summed E-state index contributed by atoms with van der Waals surface area (Å²) in [4.78, 5) is 23.0. The van der Waals surface area contributed by atoms with E-state index in [2.05, 4.69) is 47.6 Å². The molecule has 0 atom stereocenters. The van der Waals surface area contributed by atoms with E-state index in [1.54, 1.807) is 36.4 Å². The Bertz CT molecular complexity index is 1040. The number of rotatable bonds is 3.